The third-order valence-corrected chi connectivity index (χ3v) is 2.86. The fourth-order valence-corrected chi connectivity index (χ4v) is 1.99. The van der Waals surface area contributed by atoms with Crippen LogP contribution in [0.25, 0.3) is 0 Å². The molecule has 17 heavy (non-hydrogen) atoms. The number of benzene rings is 1. The molecule has 4 nitrogen and oxygen atoms in total. The standard InChI is InChI=1S/C13H14N2O2/c1-8(2)12-9-7-14-10-5-3-4-6-11(10)16-13(9)15-17-12/h3-6,8,14H,7H2,1-2H3. The van der Waals surface area contributed by atoms with Crippen molar-refractivity contribution in [3.63, 3.8) is 0 Å². The van der Waals surface area contributed by atoms with Crippen molar-refractivity contribution in [1.82, 2.24) is 5.16 Å². The summed E-state index contributed by atoms with van der Waals surface area (Å²) in [6.07, 6.45) is 0. The Kier molecular flexibility index (Phi) is 2.28. The zero-order valence-electron chi connectivity index (χ0n) is 9.86. The van der Waals surface area contributed by atoms with Crippen molar-refractivity contribution in [1.29, 1.82) is 0 Å². The third kappa shape index (κ3) is 1.65. The van der Waals surface area contributed by atoms with Gasteiger partial charge in [0.25, 0.3) is 5.88 Å². The zero-order valence-corrected chi connectivity index (χ0v) is 9.86. The van der Waals surface area contributed by atoms with Crippen molar-refractivity contribution < 1.29 is 9.26 Å². The summed E-state index contributed by atoms with van der Waals surface area (Å²) in [6, 6.07) is 7.83. The molecule has 0 saturated heterocycles. The number of nitrogens with zero attached hydrogens (tertiary/aromatic N) is 1. The number of para-hydroxylation sites is 2. The first kappa shape index (κ1) is 10.2. The summed E-state index contributed by atoms with van der Waals surface area (Å²) in [7, 11) is 0. The minimum atomic E-state index is 0.304. The van der Waals surface area contributed by atoms with Crippen LogP contribution in [0.1, 0.15) is 31.1 Å². The first-order valence-corrected chi connectivity index (χ1v) is 5.75. The van der Waals surface area contributed by atoms with E-state index < -0.39 is 0 Å². The lowest BCUT2D eigenvalue weighted by Gasteiger charge is -2.05. The molecule has 0 aliphatic carbocycles. The number of hydrogen-bond acceptors (Lipinski definition) is 4. The quantitative estimate of drug-likeness (QED) is 0.814. The molecule has 0 atom stereocenters. The van der Waals surface area contributed by atoms with E-state index in [1.165, 1.54) is 0 Å². The average Bonchev–Trinajstić information content (AvgIpc) is 2.63. The molecule has 1 aromatic heterocycles. The number of anilines is 1. The van der Waals surface area contributed by atoms with Crippen molar-refractivity contribution in [3.8, 4) is 11.6 Å². The number of hydrogen-bond donors (Lipinski definition) is 1. The monoisotopic (exact) mass is 230 g/mol. The molecule has 1 N–H and O–H groups in total. The molecule has 0 saturated carbocycles. The van der Waals surface area contributed by atoms with Gasteiger partial charge in [0.05, 0.1) is 11.3 Å². The molecule has 0 spiro atoms. The van der Waals surface area contributed by atoms with E-state index in [1.54, 1.807) is 0 Å². The van der Waals surface area contributed by atoms with E-state index in [-0.39, 0.29) is 0 Å². The molecule has 1 aliphatic heterocycles. The van der Waals surface area contributed by atoms with Crippen LogP contribution in [0.3, 0.4) is 0 Å². The zero-order chi connectivity index (χ0) is 11.8. The highest BCUT2D eigenvalue weighted by atomic mass is 16.5. The minimum Gasteiger partial charge on any atom is -0.434 e. The van der Waals surface area contributed by atoms with E-state index in [1.807, 2.05) is 24.3 Å². The van der Waals surface area contributed by atoms with Crippen LogP contribution in [0.4, 0.5) is 5.69 Å². The molecule has 0 unspecified atom stereocenters. The Morgan fingerprint density at radius 1 is 1.29 bits per heavy atom. The number of aromatic nitrogens is 1. The molecule has 3 rings (SSSR count). The van der Waals surface area contributed by atoms with Crippen LogP contribution < -0.4 is 10.1 Å². The lowest BCUT2D eigenvalue weighted by atomic mass is 10.1. The van der Waals surface area contributed by atoms with Gasteiger partial charge in [0.1, 0.15) is 5.76 Å². The molecule has 0 fully saturated rings. The molecular formula is C13H14N2O2. The number of rotatable bonds is 1. The SMILES string of the molecule is CC(C)c1onc2c1CNc1ccccc1O2. The van der Waals surface area contributed by atoms with E-state index in [0.717, 1.165) is 22.8 Å². The van der Waals surface area contributed by atoms with Crippen LogP contribution in [0.5, 0.6) is 11.6 Å². The molecular weight excluding hydrogens is 216 g/mol. The molecule has 88 valence electrons. The second-order valence-electron chi connectivity index (χ2n) is 4.44. The first-order valence-electron chi connectivity index (χ1n) is 5.75. The van der Waals surface area contributed by atoms with Gasteiger partial charge in [0.15, 0.2) is 5.75 Å². The lowest BCUT2D eigenvalue weighted by molar-refractivity contribution is 0.340. The number of fused-ring (bicyclic) bond motifs is 2. The van der Waals surface area contributed by atoms with Crippen molar-refractivity contribution in [2.45, 2.75) is 26.3 Å². The molecule has 0 radical (unpaired) electrons. The Hall–Kier alpha value is -1.97. The van der Waals surface area contributed by atoms with Gasteiger partial charge in [-0.2, -0.15) is 0 Å². The van der Waals surface area contributed by atoms with E-state index in [4.69, 9.17) is 9.26 Å². The second kappa shape index (κ2) is 3.80. The maximum Gasteiger partial charge on any atom is 0.264 e. The van der Waals surface area contributed by atoms with Gasteiger partial charge in [0, 0.05) is 12.5 Å². The van der Waals surface area contributed by atoms with E-state index >= 15 is 0 Å². The molecule has 0 amide bonds. The molecule has 1 aromatic carbocycles. The number of nitrogens with one attached hydrogen (secondary N) is 1. The van der Waals surface area contributed by atoms with E-state index in [0.29, 0.717) is 18.3 Å². The topological polar surface area (TPSA) is 47.3 Å². The van der Waals surface area contributed by atoms with Gasteiger partial charge in [0.2, 0.25) is 0 Å². The van der Waals surface area contributed by atoms with Crippen LogP contribution >= 0.6 is 0 Å². The molecule has 1 aliphatic rings. The summed E-state index contributed by atoms with van der Waals surface area (Å²) in [6.45, 7) is 4.85. The van der Waals surface area contributed by atoms with Gasteiger partial charge in [-0.25, -0.2) is 0 Å². The normalized spacial score (nSPS) is 13.4. The van der Waals surface area contributed by atoms with Crippen molar-refractivity contribution in [3.05, 3.63) is 35.6 Å². The highest BCUT2D eigenvalue weighted by molar-refractivity contribution is 5.59. The van der Waals surface area contributed by atoms with Gasteiger partial charge >= 0.3 is 0 Å². The highest BCUT2D eigenvalue weighted by Gasteiger charge is 2.23. The smallest absolute Gasteiger partial charge is 0.264 e. The second-order valence-corrected chi connectivity index (χ2v) is 4.44. The first-order chi connectivity index (χ1) is 8.25. The highest BCUT2D eigenvalue weighted by Crippen LogP contribution is 2.37. The van der Waals surface area contributed by atoms with Gasteiger partial charge in [-0.15, -0.1) is 0 Å². The minimum absolute atomic E-state index is 0.304. The maximum atomic E-state index is 5.77. The van der Waals surface area contributed by atoms with E-state index in [2.05, 4.69) is 24.3 Å². The fraction of sp³-hybridized carbons (Fsp3) is 0.308. The van der Waals surface area contributed by atoms with Gasteiger partial charge in [-0.05, 0) is 17.3 Å². The molecule has 4 heteroatoms. The summed E-state index contributed by atoms with van der Waals surface area (Å²) in [5.74, 6) is 2.55. The van der Waals surface area contributed by atoms with Gasteiger partial charge < -0.3 is 14.6 Å². The molecule has 0 bridgehead atoms. The number of ether oxygens (including phenoxy) is 1. The predicted molar refractivity (Wildman–Crippen MR) is 64.4 cm³/mol. The average molecular weight is 230 g/mol. The summed E-state index contributed by atoms with van der Waals surface area (Å²) in [5, 5.41) is 7.34. The maximum absolute atomic E-state index is 5.77. The Morgan fingerprint density at radius 3 is 2.94 bits per heavy atom. The van der Waals surface area contributed by atoms with Gasteiger partial charge in [-0.1, -0.05) is 26.0 Å². The van der Waals surface area contributed by atoms with Crippen molar-refractivity contribution in [2.75, 3.05) is 5.32 Å². The summed E-state index contributed by atoms with van der Waals surface area (Å²) in [5.41, 5.74) is 2.00. The van der Waals surface area contributed by atoms with Crippen LogP contribution in [-0.4, -0.2) is 5.16 Å². The van der Waals surface area contributed by atoms with Crippen LogP contribution in [0.2, 0.25) is 0 Å². The Bertz CT molecular complexity index is 546. The fourth-order valence-electron chi connectivity index (χ4n) is 1.99. The summed E-state index contributed by atoms with van der Waals surface area (Å²) in [4.78, 5) is 0. The van der Waals surface area contributed by atoms with Crippen LogP contribution in [0, 0.1) is 0 Å². The molecule has 2 heterocycles. The van der Waals surface area contributed by atoms with Gasteiger partial charge in [-0.3, -0.25) is 0 Å². The third-order valence-electron chi connectivity index (χ3n) is 2.86. The van der Waals surface area contributed by atoms with E-state index in [9.17, 15) is 0 Å². The molecule has 2 aromatic rings. The van der Waals surface area contributed by atoms with Crippen LogP contribution in [0.15, 0.2) is 28.8 Å². The Morgan fingerprint density at radius 2 is 2.12 bits per heavy atom. The van der Waals surface area contributed by atoms with Crippen molar-refractivity contribution in [2.24, 2.45) is 0 Å². The summed E-state index contributed by atoms with van der Waals surface area (Å²) < 4.78 is 11.1. The Labute approximate surface area is 99.6 Å². The van der Waals surface area contributed by atoms with Crippen LogP contribution in [-0.2, 0) is 6.54 Å². The largest absolute Gasteiger partial charge is 0.434 e. The lowest BCUT2D eigenvalue weighted by Crippen LogP contribution is -2.00. The van der Waals surface area contributed by atoms with Crippen molar-refractivity contribution >= 4 is 5.69 Å². The predicted octanol–water partition coefficient (Wildman–Crippen LogP) is 3.52. The summed E-state index contributed by atoms with van der Waals surface area (Å²) >= 11 is 0. The Balaban J connectivity index is 2.04.